The summed E-state index contributed by atoms with van der Waals surface area (Å²) >= 11 is 0. The fourth-order valence-electron chi connectivity index (χ4n) is 2.71. The van der Waals surface area contributed by atoms with E-state index in [0.29, 0.717) is 6.04 Å². The van der Waals surface area contributed by atoms with Crippen LogP contribution in [0.3, 0.4) is 0 Å². The van der Waals surface area contributed by atoms with E-state index in [4.69, 9.17) is 0 Å². The van der Waals surface area contributed by atoms with Gasteiger partial charge in [-0.1, -0.05) is 44.2 Å². The molecule has 2 heteroatoms. The van der Waals surface area contributed by atoms with E-state index in [-0.39, 0.29) is 0 Å². The maximum atomic E-state index is 3.57. The second kappa shape index (κ2) is 6.91. The van der Waals surface area contributed by atoms with Gasteiger partial charge in [0.25, 0.3) is 0 Å². The average molecular weight is 246 g/mol. The number of nitrogens with one attached hydrogen (secondary N) is 1. The van der Waals surface area contributed by atoms with Crippen molar-refractivity contribution in [2.45, 2.75) is 39.3 Å². The minimum Gasteiger partial charge on any atom is -0.314 e. The highest BCUT2D eigenvalue weighted by molar-refractivity contribution is 5.14. The van der Waals surface area contributed by atoms with Crippen LogP contribution in [0.25, 0.3) is 0 Å². The number of piperidine rings is 1. The molecule has 0 unspecified atom stereocenters. The molecule has 1 aromatic rings. The molecule has 1 fully saturated rings. The first kappa shape index (κ1) is 13.6. The van der Waals surface area contributed by atoms with Gasteiger partial charge in [-0.2, -0.15) is 0 Å². The second-order valence-corrected chi connectivity index (χ2v) is 5.79. The van der Waals surface area contributed by atoms with Crippen molar-refractivity contribution in [3.05, 3.63) is 35.9 Å². The molecule has 0 spiro atoms. The third-order valence-corrected chi connectivity index (χ3v) is 3.67. The molecule has 1 heterocycles. The zero-order chi connectivity index (χ0) is 12.8. The predicted molar refractivity (Wildman–Crippen MR) is 77.6 cm³/mol. The topological polar surface area (TPSA) is 15.3 Å². The van der Waals surface area contributed by atoms with Gasteiger partial charge in [0.2, 0.25) is 0 Å². The zero-order valence-corrected chi connectivity index (χ0v) is 11.7. The van der Waals surface area contributed by atoms with Gasteiger partial charge in [0.1, 0.15) is 0 Å². The lowest BCUT2D eigenvalue weighted by atomic mass is 9.97. The Hall–Kier alpha value is -0.860. The maximum Gasteiger partial charge on any atom is 0.0233 e. The van der Waals surface area contributed by atoms with Crippen LogP contribution < -0.4 is 5.32 Å². The predicted octanol–water partition coefficient (Wildman–Crippen LogP) is 2.90. The summed E-state index contributed by atoms with van der Waals surface area (Å²) in [6, 6.07) is 11.4. The summed E-state index contributed by atoms with van der Waals surface area (Å²) in [6.45, 7) is 9.23. The van der Waals surface area contributed by atoms with Crippen molar-refractivity contribution >= 4 is 0 Å². The Morgan fingerprint density at radius 2 is 2.06 bits per heavy atom. The van der Waals surface area contributed by atoms with Crippen molar-refractivity contribution in [3.8, 4) is 0 Å². The van der Waals surface area contributed by atoms with Crippen molar-refractivity contribution in [2.24, 2.45) is 5.92 Å². The minimum absolute atomic E-state index is 0.606. The molecule has 0 aromatic heterocycles. The van der Waals surface area contributed by atoms with Gasteiger partial charge in [0, 0.05) is 19.1 Å². The van der Waals surface area contributed by atoms with Gasteiger partial charge < -0.3 is 5.32 Å². The number of hydrogen-bond donors (Lipinski definition) is 1. The first-order valence-corrected chi connectivity index (χ1v) is 7.23. The monoisotopic (exact) mass is 246 g/mol. The van der Waals surface area contributed by atoms with Crippen LogP contribution in [-0.2, 0) is 6.54 Å². The summed E-state index contributed by atoms with van der Waals surface area (Å²) in [4.78, 5) is 2.60. The number of likely N-dealkylation sites (tertiary alicyclic amines) is 1. The largest absolute Gasteiger partial charge is 0.314 e. The van der Waals surface area contributed by atoms with Crippen LogP contribution in [0.5, 0.6) is 0 Å². The Bertz CT molecular complexity index is 334. The normalized spacial score (nSPS) is 21.4. The van der Waals surface area contributed by atoms with Crippen LogP contribution in [0.2, 0.25) is 0 Å². The van der Waals surface area contributed by atoms with E-state index >= 15 is 0 Å². The van der Waals surface area contributed by atoms with Gasteiger partial charge in [-0.15, -0.1) is 0 Å². The quantitative estimate of drug-likeness (QED) is 0.859. The lowest BCUT2D eigenvalue weighted by Crippen LogP contribution is -2.40. The van der Waals surface area contributed by atoms with Crippen molar-refractivity contribution in [2.75, 3.05) is 19.6 Å². The molecule has 0 bridgehead atoms. The number of rotatable bonds is 5. The van der Waals surface area contributed by atoms with Crippen LogP contribution in [0.1, 0.15) is 32.3 Å². The molecule has 1 aromatic carbocycles. The smallest absolute Gasteiger partial charge is 0.0233 e. The molecular formula is C16H26N2. The summed E-state index contributed by atoms with van der Waals surface area (Å²) in [5.41, 5.74) is 1.44. The molecule has 0 radical (unpaired) electrons. The molecule has 0 saturated carbocycles. The van der Waals surface area contributed by atoms with Gasteiger partial charge in [-0.25, -0.2) is 0 Å². The van der Waals surface area contributed by atoms with Gasteiger partial charge >= 0.3 is 0 Å². The van der Waals surface area contributed by atoms with E-state index in [1.807, 2.05) is 0 Å². The van der Waals surface area contributed by atoms with Gasteiger partial charge in [-0.3, -0.25) is 4.90 Å². The molecule has 100 valence electrons. The highest BCUT2D eigenvalue weighted by Gasteiger charge is 2.19. The van der Waals surface area contributed by atoms with E-state index in [0.717, 1.165) is 12.5 Å². The lowest BCUT2D eigenvalue weighted by molar-refractivity contribution is 0.164. The van der Waals surface area contributed by atoms with Crippen LogP contribution in [0, 0.1) is 5.92 Å². The number of nitrogens with zero attached hydrogens (tertiary/aromatic N) is 1. The third-order valence-electron chi connectivity index (χ3n) is 3.67. The van der Waals surface area contributed by atoms with Gasteiger partial charge in [0.15, 0.2) is 0 Å². The molecule has 2 rings (SSSR count). The first-order chi connectivity index (χ1) is 8.74. The SMILES string of the molecule is CC(C)NC[C@H]1CCCN(Cc2ccccc2)C1. The number of hydrogen-bond acceptors (Lipinski definition) is 2. The van der Waals surface area contributed by atoms with Crippen molar-refractivity contribution < 1.29 is 0 Å². The van der Waals surface area contributed by atoms with Gasteiger partial charge in [0.05, 0.1) is 0 Å². The van der Waals surface area contributed by atoms with Crippen molar-refractivity contribution in [3.63, 3.8) is 0 Å². The molecule has 1 aliphatic heterocycles. The summed E-state index contributed by atoms with van der Waals surface area (Å²) in [6.07, 6.45) is 2.72. The maximum absolute atomic E-state index is 3.57. The molecule has 0 aliphatic carbocycles. The van der Waals surface area contributed by atoms with Crippen molar-refractivity contribution in [1.82, 2.24) is 10.2 Å². The standard InChI is InChI=1S/C16H26N2/c1-14(2)17-11-16-9-6-10-18(13-16)12-15-7-4-3-5-8-15/h3-5,7-8,14,16-17H,6,9-13H2,1-2H3/t16-/m1/s1. The van der Waals surface area contributed by atoms with Crippen LogP contribution in [0.4, 0.5) is 0 Å². The van der Waals surface area contributed by atoms with E-state index in [2.05, 4.69) is 54.4 Å². The Morgan fingerprint density at radius 1 is 1.28 bits per heavy atom. The summed E-state index contributed by atoms with van der Waals surface area (Å²) < 4.78 is 0. The molecule has 2 nitrogen and oxygen atoms in total. The molecule has 0 amide bonds. The first-order valence-electron chi connectivity index (χ1n) is 7.23. The summed E-state index contributed by atoms with van der Waals surface area (Å²) in [5.74, 6) is 0.824. The van der Waals surface area contributed by atoms with E-state index in [9.17, 15) is 0 Å². The van der Waals surface area contributed by atoms with E-state index in [1.165, 1.54) is 38.0 Å². The summed E-state index contributed by atoms with van der Waals surface area (Å²) in [5, 5.41) is 3.57. The molecular weight excluding hydrogens is 220 g/mol. The lowest BCUT2D eigenvalue weighted by Gasteiger charge is -2.33. The highest BCUT2D eigenvalue weighted by Crippen LogP contribution is 2.18. The van der Waals surface area contributed by atoms with Crippen LogP contribution in [0.15, 0.2) is 30.3 Å². The zero-order valence-electron chi connectivity index (χ0n) is 11.7. The Morgan fingerprint density at radius 3 is 2.78 bits per heavy atom. The molecule has 1 atom stereocenters. The second-order valence-electron chi connectivity index (χ2n) is 5.79. The fraction of sp³-hybridized carbons (Fsp3) is 0.625. The highest BCUT2D eigenvalue weighted by atomic mass is 15.1. The van der Waals surface area contributed by atoms with Crippen LogP contribution >= 0.6 is 0 Å². The summed E-state index contributed by atoms with van der Waals surface area (Å²) in [7, 11) is 0. The Balaban J connectivity index is 1.79. The number of benzene rings is 1. The molecule has 1 saturated heterocycles. The molecule has 1 N–H and O–H groups in total. The van der Waals surface area contributed by atoms with E-state index in [1.54, 1.807) is 0 Å². The fourth-order valence-corrected chi connectivity index (χ4v) is 2.71. The van der Waals surface area contributed by atoms with E-state index < -0.39 is 0 Å². The molecule has 18 heavy (non-hydrogen) atoms. The van der Waals surface area contributed by atoms with Crippen LogP contribution in [-0.4, -0.2) is 30.6 Å². The Labute approximate surface area is 111 Å². The third kappa shape index (κ3) is 4.43. The Kier molecular flexibility index (Phi) is 5.21. The van der Waals surface area contributed by atoms with Gasteiger partial charge in [-0.05, 0) is 37.4 Å². The van der Waals surface area contributed by atoms with Crippen molar-refractivity contribution in [1.29, 1.82) is 0 Å². The average Bonchev–Trinajstić information content (AvgIpc) is 2.38. The minimum atomic E-state index is 0.606. The molecule has 1 aliphatic rings.